The van der Waals surface area contributed by atoms with Crippen molar-refractivity contribution in [2.75, 3.05) is 19.8 Å². The zero-order valence-electron chi connectivity index (χ0n) is 12.3. The number of ether oxygens (including phenoxy) is 1. The van der Waals surface area contributed by atoms with Crippen LogP contribution in [0.15, 0.2) is 17.0 Å². The lowest BCUT2D eigenvalue weighted by molar-refractivity contribution is 0.0690. The summed E-state index contributed by atoms with van der Waals surface area (Å²) in [6.07, 6.45) is 0. The van der Waals surface area contributed by atoms with E-state index < -0.39 is 16.0 Å². The smallest absolute Gasteiger partial charge is 0.352 e. The van der Waals surface area contributed by atoms with Gasteiger partial charge in [-0.05, 0) is 20.8 Å². The molecule has 0 unspecified atom stereocenters. The highest BCUT2D eigenvalue weighted by molar-refractivity contribution is 7.89. The van der Waals surface area contributed by atoms with Gasteiger partial charge in [-0.25, -0.2) is 17.9 Å². The average Bonchev–Trinajstić information content (AvgIpc) is 2.64. The van der Waals surface area contributed by atoms with Crippen LogP contribution in [0, 0.1) is 13.8 Å². The summed E-state index contributed by atoms with van der Waals surface area (Å²) in [5.74, 6) is -1.19. The molecule has 1 rings (SSSR count). The molecule has 21 heavy (non-hydrogen) atoms. The largest absolute Gasteiger partial charge is 0.477 e. The number of carboxylic acid groups (broad SMARTS) is 1. The third-order valence-corrected chi connectivity index (χ3v) is 4.47. The van der Waals surface area contributed by atoms with Crippen LogP contribution in [-0.4, -0.2) is 44.2 Å². The molecule has 0 spiro atoms. The van der Waals surface area contributed by atoms with E-state index in [1.807, 2.05) is 6.92 Å². The fourth-order valence-electron chi connectivity index (χ4n) is 1.92. The minimum atomic E-state index is -3.78. The Morgan fingerprint density at radius 1 is 1.43 bits per heavy atom. The van der Waals surface area contributed by atoms with Crippen molar-refractivity contribution in [2.45, 2.75) is 25.7 Å². The summed E-state index contributed by atoms with van der Waals surface area (Å²) in [6.45, 7) is 9.13. The number of hydrogen-bond donors (Lipinski definition) is 3. The van der Waals surface area contributed by atoms with Crippen LogP contribution in [0.5, 0.6) is 0 Å². The molecule has 1 heterocycles. The Morgan fingerprint density at radius 3 is 2.52 bits per heavy atom. The van der Waals surface area contributed by atoms with E-state index in [0.717, 1.165) is 5.57 Å². The lowest BCUT2D eigenvalue weighted by Crippen LogP contribution is -2.28. The molecular formula is C13H20N2O5S. The number of hydrogen-bond acceptors (Lipinski definition) is 4. The molecule has 0 fully saturated rings. The number of aromatic nitrogens is 1. The van der Waals surface area contributed by atoms with Gasteiger partial charge in [-0.3, -0.25) is 0 Å². The van der Waals surface area contributed by atoms with E-state index in [-0.39, 0.29) is 29.3 Å². The first-order valence-corrected chi connectivity index (χ1v) is 7.79. The third kappa shape index (κ3) is 4.42. The second-order valence-electron chi connectivity index (χ2n) is 4.79. The Kier molecular flexibility index (Phi) is 5.70. The summed E-state index contributed by atoms with van der Waals surface area (Å²) in [4.78, 5) is 13.5. The molecule has 7 nitrogen and oxygen atoms in total. The molecule has 0 bridgehead atoms. The lowest BCUT2D eigenvalue weighted by atomic mass is 10.2. The van der Waals surface area contributed by atoms with Crippen molar-refractivity contribution in [2.24, 2.45) is 0 Å². The number of sulfonamides is 1. The molecule has 8 heteroatoms. The molecule has 0 saturated carbocycles. The first-order valence-electron chi connectivity index (χ1n) is 6.31. The van der Waals surface area contributed by atoms with Gasteiger partial charge in [0.05, 0.1) is 13.2 Å². The van der Waals surface area contributed by atoms with Crippen molar-refractivity contribution in [1.82, 2.24) is 9.71 Å². The van der Waals surface area contributed by atoms with E-state index in [9.17, 15) is 13.2 Å². The van der Waals surface area contributed by atoms with E-state index in [0.29, 0.717) is 12.3 Å². The molecule has 0 aliphatic carbocycles. The van der Waals surface area contributed by atoms with Crippen LogP contribution in [-0.2, 0) is 14.8 Å². The predicted octanol–water partition coefficient (Wildman–Crippen LogP) is 1.20. The van der Waals surface area contributed by atoms with Gasteiger partial charge in [-0.15, -0.1) is 0 Å². The number of carboxylic acids is 1. The minimum Gasteiger partial charge on any atom is -0.477 e. The number of nitrogens with one attached hydrogen (secondary N) is 2. The van der Waals surface area contributed by atoms with Gasteiger partial charge in [-0.2, -0.15) is 0 Å². The zero-order valence-corrected chi connectivity index (χ0v) is 13.1. The Morgan fingerprint density at radius 2 is 2.05 bits per heavy atom. The maximum atomic E-state index is 12.2. The number of H-pyrrole nitrogens is 1. The molecule has 1 aromatic rings. The monoisotopic (exact) mass is 316 g/mol. The number of aromatic amines is 1. The van der Waals surface area contributed by atoms with E-state index in [2.05, 4.69) is 16.3 Å². The molecule has 0 saturated heterocycles. The summed E-state index contributed by atoms with van der Waals surface area (Å²) in [5.41, 5.74) is 1.21. The first kappa shape index (κ1) is 17.4. The number of carbonyl (C=O) groups is 1. The van der Waals surface area contributed by atoms with Gasteiger partial charge in [0, 0.05) is 17.8 Å². The SMILES string of the molecule is C=C(C)COCCNS(=O)(=O)c1c(C)[nH]c(C(=O)O)c1C. The van der Waals surface area contributed by atoms with Crippen molar-refractivity contribution < 1.29 is 23.1 Å². The molecule has 0 aliphatic heterocycles. The van der Waals surface area contributed by atoms with Gasteiger partial charge in [0.25, 0.3) is 0 Å². The van der Waals surface area contributed by atoms with Crippen LogP contribution in [0.3, 0.4) is 0 Å². The fraction of sp³-hybridized carbons (Fsp3) is 0.462. The molecule has 0 aromatic carbocycles. The molecule has 3 N–H and O–H groups in total. The predicted molar refractivity (Wildman–Crippen MR) is 78.0 cm³/mol. The van der Waals surface area contributed by atoms with Gasteiger partial charge in [0.2, 0.25) is 10.0 Å². The summed E-state index contributed by atoms with van der Waals surface area (Å²) < 4.78 is 32.0. The second kappa shape index (κ2) is 6.88. The fourth-order valence-corrected chi connectivity index (χ4v) is 3.37. The zero-order chi connectivity index (χ0) is 16.2. The highest BCUT2D eigenvalue weighted by atomic mass is 32.2. The number of rotatable bonds is 8. The van der Waals surface area contributed by atoms with Gasteiger partial charge < -0.3 is 14.8 Å². The molecule has 0 aliphatic rings. The standard InChI is InChI=1S/C13H20N2O5S/c1-8(2)7-20-6-5-14-21(18,19)12-9(3)11(13(16)17)15-10(12)4/h14-15H,1,5-7H2,2-4H3,(H,16,17). The molecule has 1 aromatic heterocycles. The molecule has 118 valence electrons. The Bertz CT molecular complexity index is 646. The normalized spacial score (nSPS) is 11.6. The Balaban J connectivity index is 2.80. The van der Waals surface area contributed by atoms with Gasteiger partial charge in [-0.1, -0.05) is 12.2 Å². The third-order valence-electron chi connectivity index (χ3n) is 2.74. The van der Waals surface area contributed by atoms with Crippen LogP contribution in [0.4, 0.5) is 0 Å². The summed E-state index contributed by atoms with van der Waals surface area (Å²) >= 11 is 0. The highest BCUT2D eigenvalue weighted by Gasteiger charge is 2.25. The van der Waals surface area contributed by atoms with Crippen molar-refractivity contribution in [3.05, 3.63) is 29.1 Å². The number of aryl methyl sites for hydroxylation is 1. The van der Waals surface area contributed by atoms with Crippen molar-refractivity contribution in [3.8, 4) is 0 Å². The quantitative estimate of drug-likeness (QED) is 0.493. The van der Waals surface area contributed by atoms with Gasteiger partial charge in [0.15, 0.2) is 0 Å². The van der Waals surface area contributed by atoms with E-state index >= 15 is 0 Å². The van der Waals surface area contributed by atoms with Gasteiger partial charge in [0.1, 0.15) is 10.6 Å². The van der Waals surface area contributed by atoms with E-state index in [1.165, 1.54) is 13.8 Å². The highest BCUT2D eigenvalue weighted by Crippen LogP contribution is 2.22. The minimum absolute atomic E-state index is 0.0280. The summed E-state index contributed by atoms with van der Waals surface area (Å²) in [5, 5.41) is 8.99. The molecule has 0 atom stereocenters. The first-order chi connectivity index (χ1) is 9.66. The van der Waals surface area contributed by atoms with Crippen molar-refractivity contribution in [1.29, 1.82) is 0 Å². The van der Waals surface area contributed by atoms with Crippen LogP contribution in [0.1, 0.15) is 28.7 Å². The van der Waals surface area contributed by atoms with Crippen LogP contribution in [0.2, 0.25) is 0 Å². The van der Waals surface area contributed by atoms with Crippen LogP contribution < -0.4 is 4.72 Å². The number of aromatic carboxylic acids is 1. The molecular weight excluding hydrogens is 296 g/mol. The van der Waals surface area contributed by atoms with E-state index in [4.69, 9.17) is 9.84 Å². The Labute approximate surface area is 124 Å². The van der Waals surface area contributed by atoms with Crippen LogP contribution >= 0.6 is 0 Å². The van der Waals surface area contributed by atoms with Gasteiger partial charge >= 0.3 is 5.97 Å². The Hall–Kier alpha value is -1.64. The maximum absolute atomic E-state index is 12.2. The molecule has 0 amide bonds. The topological polar surface area (TPSA) is 108 Å². The average molecular weight is 316 g/mol. The summed E-state index contributed by atoms with van der Waals surface area (Å²) in [7, 11) is -3.78. The lowest BCUT2D eigenvalue weighted by Gasteiger charge is -2.08. The second-order valence-corrected chi connectivity index (χ2v) is 6.50. The van der Waals surface area contributed by atoms with E-state index in [1.54, 1.807) is 0 Å². The molecule has 0 radical (unpaired) electrons. The van der Waals surface area contributed by atoms with Crippen LogP contribution in [0.25, 0.3) is 0 Å². The summed E-state index contributed by atoms with van der Waals surface area (Å²) in [6, 6.07) is 0. The van der Waals surface area contributed by atoms with Crippen molar-refractivity contribution >= 4 is 16.0 Å². The maximum Gasteiger partial charge on any atom is 0.352 e. The van der Waals surface area contributed by atoms with Crippen molar-refractivity contribution in [3.63, 3.8) is 0 Å².